The highest BCUT2D eigenvalue weighted by Gasteiger charge is 2.20. The maximum absolute atomic E-state index is 11.1. The number of carbonyl (C=O) groups is 2. The van der Waals surface area contributed by atoms with Crippen LogP contribution in [0.2, 0.25) is 0 Å². The first-order chi connectivity index (χ1) is 12.2. The highest BCUT2D eigenvalue weighted by Crippen LogP contribution is 2.34. The van der Waals surface area contributed by atoms with Gasteiger partial charge in [0.25, 0.3) is 0 Å². The van der Waals surface area contributed by atoms with E-state index in [4.69, 9.17) is 21.7 Å². The number of hydrogen-bond donors (Lipinski definition) is 6. The third kappa shape index (κ3) is 4.50. The molecule has 2 atom stereocenters. The molecule has 8 N–H and O–H groups in total. The average Bonchev–Trinajstić information content (AvgIpc) is 2.57. The standard InChI is InChI=1S/C18H20N2O6/c19-15(17(23)24)5-9-1-3-11(21)7-13(9)14-8-12(22)4-2-10(14)6-16(20)18(25)26/h1-4,7-8,15-16,21-22H,5-6,19-20H2,(H,23,24)(H,25,26)/t15-,16-/m0/s1. The molecule has 2 aromatic rings. The van der Waals surface area contributed by atoms with Gasteiger partial charge in [-0.05, 0) is 59.4 Å². The number of rotatable bonds is 7. The molecule has 0 bridgehead atoms. The third-order valence-electron chi connectivity index (χ3n) is 3.99. The van der Waals surface area contributed by atoms with Gasteiger partial charge in [0.2, 0.25) is 0 Å². The fourth-order valence-corrected chi connectivity index (χ4v) is 2.63. The number of phenols is 2. The Labute approximate surface area is 149 Å². The zero-order valence-corrected chi connectivity index (χ0v) is 13.8. The molecule has 2 aromatic carbocycles. The summed E-state index contributed by atoms with van der Waals surface area (Å²) in [7, 11) is 0. The van der Waals surface area contributed by atoms with Gasteiger partial charge < -0.3 is 31.9 Å². The van der Waals surface area contributed by atoms with E-state index < -0.39 is 24.0 Å². The van der Waals surface area contributed by atoms with Gasteiger partial charge in [0, 0.05) is 0 Å². The molecule has 0 spiro atoms. The van der Waals surface area contributed by atoms with Crippen LogP contribution in [0, 0.1) is 0 Å². The van der Waals surface area contributed by atoms with E-state index in [2.05, 4.69) is 0 Å². The van der Waals surface area contributed by atoms with E-state index in [-0.39, 0.29) is 24.3 Å². The Balaban J connectivity index is 2.56. The summed E-state index contributed by atoms with van der Waals surface area (Å²) >= 11 is 0. The van der Waals surface area contributed by atoms with E-state index in [1.807, 2.05) is 0 Å². The number of aliphatic carboxylic acids is 2. The summed E-state index contributed by atoms with van der Waals surface area (Å²) in [6, 6.07) is 6.40. The fourth-order valence-electron chi connectivity index (χ4n) is 2.63. The predicted molar refractivity (Wildman–Crippen MR) is 93.8 cm³/mol. The van der Waals surface area contributed by atoms with Crippen LogP contribution in [0.5, 0.6) is 11.5 Å². The molecule has 0 aliphatic rings. The molecule has 0 fully saturated rings. The lowest BCUT2D eigenvalue weighted by Gasteiger charge is -2.17. The minimum Gasteiger partial charge on any atom is -0.508 e. The van der Waals surface area contributed by atoms with Crippen LogP contribution < -0.4 is 11.5 Å². The van der Waals surface area contributed by atoms with Gasteiger partial charge in [0.05, 0.1) is 0 Å². The minimum absolute atomic E-state index is 0.00890. The minimum atomic E-state index is -1.17. The van der Waals surface area contributed by atoms with Crippen LogP contribution in [0.15, 0.2) is 36.4 Å². The number of carboxylic acid groups (broad SMARTS) is 2. The van der Waals surface area contributed by atoms with Crippen molar-refractivity contribution < 1.29 is 30.0 Å². The molecule has 8 heteroatoms. The molecule has 0 amide bonds. The summed E-state index contributed by atoms with van der Waals surface area (Å²) in [6.45, 7) is 0. The first-order valence-corrected chi connectivity index (χ1v) is 7.80. The van der Waals surface area contributed by atoms with Crippen LogP contribution in [-0.4, -0.2) is 44.4 Å². The van der Waals surface area contributed by atoms with Crippen molar-refractivity contribution in [2.75, 3.05) is 0 Å². The summed E-state index contributed by atoms with van der Waals surface area (Å²) in [5.41, 5.74) is 13.2. The van der Waals surface area contributed by atoms with Gasteiger partial charge in [-0.15, -0.1) is 0 Å². The van der Waals surface area contributed by atoms with E-state index in [1.165, 1.54) is 24.3 Å². The van der Waals surface area contributed by atoms with Gasteiger partial charge in [0.1, 0.15) is 23.6 Å². The van der Waals surface area contributed by atoms with Crippen molar-refractivity contribution >= 4 is 11.9 Å². The molecular formula is C18H20N2O6. The Morgan fingerprint density at radius 1 is 0.769 bits per heavy atom. The Hall–Kier alpha value is -3.10. The molecule has 2 rings (SSSR count). The van der Waals surface area contributed by atoms with Gasteiger partial charge in [-0.3, -0.25) is 9.59 Å². The zero-order valence-electron chi connectivity index (χ0n) is 13.8. The summed E-state index contributed by atoms with van der Waals surface area (Å²) in [5.74, 6) is -2.48. The second kappa shape index (κ2) is 7.85. The Kier molecular flexibility index (Phi) is 5.81. The molecule has 0 aliphatic heterocycles. The number of carboxylic acids is 2. The van der Waals surface area contributed by atoms with E-state index in [1.54, 1.807) is 12.1 Å². The van der Waals surface area contributed by atoms with Crippen molar-refractivity contribution in [1.29, 1.82) is 0 Å². The van der Waals surface area contributed by atoms with Crippen LogP contribution in [0.4, 0.5) is 0 Å². The summed E-state index contributed by atoms with van der Waals surface area (Å²) < 4.78 is 0. The van der Waals surface area contributed by atoms with E-state index in [0.29, 0.717) is 22.3 Å². The maximum Gasteiger partial charge on any atom is 0.320 e. The van der Waals surface area contributed by atoms with Crippen LogP contribution in [0.3, 0.4) is 0 Å². The molecule has 0 aliphatic carbocycles. The van der Waals surface area contributed by atoms with Crippen molar-refractivity contribution in [2.45, 2.75) is 24.9 Å². The van der Waals surface area contributed by atoms with Gasteiger partial charge in [0.15, 0.2) is 0 Å². The van der Waals surface area contributed by atoms with Crippen molar-refractivity contribution in [1.82, 2.24) is 0 Å². The average molecular weight is 360 g/mol. The topological polar surface area (TPSA) is 167 Å². The predicted octanol–water partition coefficient (Wildman–Crippen LogP) is 0.674. The van der Waals surface area contributed by atoms with Crippen molar-refractivity contribution in [3.8, 4) is 22.6 Å². The smallest absolute Gasteiger partial charge is 0.320 e. The van der Waals surface area contributed by atoms with Crippen molar-refractivity contribution in [3.63, 3.8) is 0 Å². The molecule has 26 heavy (non-hydrogen) atoms. The Bertz CT molecular complexity index is 767. The van der Waals surface area contributed by atoms with Crippen molar-refractivity contribution in [3.05, 3.63) is 47.5 Å². The fraction of sp³-hybridized carbons (Fsp3) is 0.222. The first kappa shape index (κ1) is 19.2. The summed E-state index contributed by atoms with van der Waals surface area (Å²) in [4.78, 5) is 22.1. The van der Waals surface area contributed by atoms with Gasteiger partial charge >= 0.3 is 11.9 Å². The monoisotopic (exact) mass is 360 g/mol. The lowest BCUT2D eigenvalue weighted by atomic mass is 9.90. The molecule has 0 saturated carbocycles. The number of hydrogen-bond acceptors (Lipinski definition) is 6. The Morgan fingerprint density at radius 3 is 1.42 bits per heavy atom. The van der Waals surface area contributed by atoms with Crippen LogP contribution in [0.25, 0.3) is 11.1 Å². The lowest BCUT2D eigenvalue weighted by Crippen LogP contribution is -2.33. The van der Waals surface area contributed by atoms with Gasteiger partial charge in [-0.2, -0.15) is 0 Å². The largest absolute Gasteiger partial charge is 0.508 e. The number of benzene rings is 2. The first-order valence-electron chi connectivity index (χ1n) is 7.80. The normalized spacial score (nSPS) is 13.2. The van der Waals surface area contributed by atoms with Crippen LogP contribution in [-0.2, 0) is 22.4 Å². The maximum atomic E-state index is 11.1. The van der Waals surface area contributed by atoms with Crippen molar-refractivity contribution in [2.24, 2.45) is 11.5 Å². The third-order valence-corrected chi connectivity index (χ3v) is 3.99. The number of aromatic hydroxyl groups is 2. The summed E-state index contributed by atoms with van der Waals surface area (Å²) in [5, 5.41) is 37.8. The van der Waals surface area contributed by atoms with E-state index in [9.17, 15) is 19.8 Å². The number of phenolic OH excluding ortho intramolecular Hbond substituents is 2. The molecule has 0 aromatic heterocycles. The molecule has 138 valence electrons. The highest BCUT2D eigenvalue weighted by molar-refractivity contribution is 5.78. The second-order valence-corrected chi connectivity index (χ2v) is 5.98. The quantitative estimate of drug-likeness (QED) is 0.419. The molecule has 0 radical (unpaired) electrons. The van der Waals surface area contributed by atoms with Gasteiger partial charge in [-0.1, -0.05) is 12.1 Å². The molecule has 0 unspecified atom stereocenters. The Morgan fingerprint density at radius 2 is 1.12 bits per heavy atom. The molecular weight excluding hydrogens is 340 g/mol. The molecule has 8 nitrogen and oxygen atoms in total. The SMILES string of the molecule is N[C@@H](Cc1ccc(O)cc1-c1cc(O)ccc1C[C@H](N)C(=O)O)C(=O)O. The zero-order chi connectivity index (χ0) is 19.4. The summed E-state index contributed by atoms with van der Waals surface area (Å²) in [6.07, 6.45) is -0.0178. The van der Waals surface area contributed by atoms with Crippen LogP contribution >= 0.6 is 0 Å². The van der Waals surface area contributed by atoms with E-state index in [0.717, 1.165) is 0 Å². The number of nitrogens with two attached hydrogens (primary N) is 2. The van der Waals surface area contributed by atoms with E-state index >= 15 is 0 Å². The lowest BCUT2D eigenvalue weighted by molar-refractivity contribution is -0.139. The molecule has 0 heterocycles. The molecule has 0 saturated heterocycles. The van der Waals surface area contributed by atoms with Crippen LogP contribution in [0.1, 0.15) is 11.1 Å². The van der Waals surface area contributed by atoms with Gasteiger partial charge in [-0.25, -0.2) is 0 Å². The second-order valence-electron chi connectivity index (χ2n) is 5.98. The highest BCUT2D eigenvalue weighted by atomic mass is 16.4.